The van der Waals surface area contributed by atoms with Gasteiger partial charge < -0.3 is 10.1 Å². The molecular weight excluding hydrogens is 326 g/mol. The summed E-state index contributed by atoms with van der Waals surface area (Å²) in [7, 11) is 0. The Kier molecular flexibility index (Phi) is 4.81. The molecule has 0 amide bonds. The Bertz CT molecular complexity index is 642. The summed E-state index contributed by atoms with van der Waals surface area (Å²) in [5.41, 5.74) is 0.713. The first-order chi connectivity index (χ1) is 10.6. The largest absolute Gasteiger partial charge is 0.485 e. The third kappa shape index (κ3) is 3.69. The van der Waals surface area contributed by atoms with Gasteiger partial charge in [0.2, 0.25) is 0 Å². The Labute approximate surface area is 138 Å². The molecule has 0 spiro atoms. The second-order valence-corrected chi connectivity index (χ2v) is 6.21. The van der Waals surface area contributed by atoms with Gasteiger partial charge in [0.1, 0.15) is 17.7 Å². The first-order valence-electron chi connectivity index (χ1n) is 7.06. The molecule has 2 unspecified atom stereocenters. The molecule has 1 saturated heterocycles. The van der Waals surface area contributed by atoms with E-state index in [2.05, 4.69) is 10.3 Å². The van der Waals surface area contributed by atoms with E-state index in [0.29, 0.717) is 21.4 Å². The topological polar surface area (TPSA) is 34.1 Å². The first-order valence-corrected chi connectivity index (χ1v) is 7.81. The van der Waals surface area contributed by atoms with Crippen molar-refractivity contribution >= 4 is 23.2 Å². The lowest BCUT2D eigenvalue weighted by molar-refractivity contribution is 0.143. The molecule has 1 aromatic carbocycles. The molecule has 0 bridgehead atoms. The Morgan fingerprint density at radius 3 is 2.59 bits per heavy atom. The number of benzene rings is 1. The van der Waals surface area contributed by atoms with Crippen molar-refractivity contribution in [1.29, 1.82) is 0 Å². The maximum atomic E-state index is 13.5. The van der Waals surface area contributed by atoms with E-state index >= 15 is 0 Å². The highest BCUT2D eigenvalue weighted by molar-refractivity contribution is 6.34. The van der Waals surface area contributed by atoms with Gasteiger partial charge in [-0.3, -0.25) is 4.98 Å². The number of rotatable bonds is 4. The fourth-order valence-corrected chi connectivity index (χ4v) is 3.20. The minimum Gasteiger partial charge on any atom is -0.485 e. The van der Waals surface area contributed by atoms with Crippen molar-refractivity contribution in [3.8, 4) is 5.75 Å². The van der Waals surface area contributed by atoms with Gasteiger partial charge in [0, 0.05) is 34.3 Å². The third-order valence-corrected chi connectivity index (χ3v) is 4.12. The highest BCUT2D eigenvalue weighted by atomic mass is 35.5. The summed E-state index contributed by atoms with van der Waals surface area (Å²) in [4.78, 5) is 3.93. The van der Waals surface area contributed by atoms with Gasteiger partial charge in [-0.15, -0.1) is 0 Å². The fraction of sp³-hybridized carbons (Fsp3) is 0.312. The molecular formula is C16H15Cl2FN2O. The lowest BCUT2D eigenvalue weighted by Crippen LogP contribution is -2.21. The first kappa shape index (κ1) is 15.5. The minimum absolute atomic E-state index is 0.237. The SMILES string of the molecule is Fc1cncc(C(Oc2cc(Cl)cc(Cl)c2)C2CCNC2)c1. The van der Waals surface area contributed by atoms with E-state index in [4.69, 9.17) is 27.9 Å². The van der Waals surface area contributed by atoms with Gasteiger partial charge in [-0.2, -0.15) is 0 Å². The maximum absolute atomic E-state index is 13.5. The van der Waals surface area contributed by atoms with Crippen molar-refractivity contribution in [3.63, 3.8) is 0 Å². The minimum atomic E-state index is -0.374. The van der Waals surface area contributed by atoms with Crippen LogP contribution in [0.15, 0.2) is 36.7 Å². The van der Waals surface area contributed by atoms with Crippen LogP contribution in [-0.4, -0.2) is 18.1 Å². The van der Waals surface area contributed by atoms with Gasteiger partial charge in [-0.1, -0.05) is 23.2 Å². The number of pyridine rings is 1. The molecule has 3 rings (SSSR count). The van der Waals surface area contributed by atoms with Crippen LogP contribution in [0.1, 0.15) is 18.1 Å². The number of aromatic nitrogens is 1. The fourth-order valence-electron chi connectivity index (χ4n) is 2.70. The summed E-state index contributed by atoms with van der Waals surface area (Å²) in [6, 6.07) is 6.51. The van der Waals surface area contributed by atoms with Crippen LogP contribution in [0.3, 0.4) is 0 Å². The third-order valence-electron chi connectivity index (χ3n) is 3.68. The van der Waals surface area contributed by atoms with Crippen molar-refractivity contribution in [1.82, 2.24) is 10.3 Å². The van der Waals surface area contributed by atoms with Gasteiger partial charge in [0.25, 0.3) is 0 Å². The van der Waals surface area contributed by atoms with E-state index in [9.17, 15) is 4.39 Å². The van der Waals surface area contributed by atoms with Gasteiger partial charge in [-0.05, 0) is 37.2 Å². The number of ether oxygens (including phenoxy) is 1. The van der Waals surface area contributed by atoms with E-state index in [1.165, 1.54) is 12.3 Å². The zero-order chi connectivity index (χ0) is 15.5. The predicted molar refractivity (Wildman–Crippen MR) is 85.0 cm³/mol. The van der Waals surface area contributed by atoms with Crippen molar-refractivity contribution in [2.75, 3.05) is 13.1 Å². The van der Waals surface area contributed by atoms with Crippen LogP contribution in [0, 0.1) is 11.7 Å². The molecule has 0 saturated carbocycles. The lowest BCUT2D eigenvalue weighted by atomic mass is 9.96. The smallest absolute Gasteiger partial charge is 0.141 e. The second-order valence-electron chi connectivity index (χ2n) is 5.33. The van der Waals surface area contributed by atoms with Gasteiger partial charge in [-0.25, -0.2) is 4.39 Å². The highest BCUT2D eigenvalue weighted by Gasteiger charge is 2.28. The summed E-state index contributed by atoms with van der Waals surface area (Å²) in [6.45, 7) is 1.74. The predicted octanol–water partition coefficient (Wildman–Crippen LogP) is 4.26. The molecule has 2 heterocycles. The summed E-state index contributed by atoms with van der Waals surface area (Å²) in [5, 5.41) is 4.31. The molecule has 0 radical (unpaired) electrons. The quantitative estimate of drug-likeness (QED) is 0.902. The van der Waals surface area contributed by atoms with Crippen molar-refractivity contribution in [2.45, 2.75) is 12.5 Å². The summed E-state index contributed by atoms with van der Waals surface area (Å²) >= 11 is 12.0. The van der Waals surface area contributed by atoms with E-state index in [-0.39, 0.29) is 17.8 Å². The number of nitrogens with one attached hydrogen (secondary N) is 1. The number of halogens is 3. The van der Waals surface area contributed by atoms with Gasteiger partial charge in [0.05, 0.1) is 6.20 Å². The molecule has 116 valence electrons. The molecule has 2 atom stereocenters. The van der Waals surface area contributed by atoms with Gasteiger partial charge >= 0.3 is 0 Å². The lowest BCUT2D eigenvalue weighted by Gasteiger charge is -2.25. The Hall–Kier alpha value is -1.36. The van der Waals surface area contributed by atoms with E-state index < -0.39 is 0 Å². The molecule has 1 aliphatic heterocycles. The Morgan fingerprint density at radius 2 is 1.95 bits per heavy atom. The van der Waals surface area contributed by atoms with Crippen LogP contribution < -0.4 is 10.1 Å². The van der Waals surface area contributed by atoms with Crippen molar-refractivity contribution in [2.24, 2.45) is 5.92 Å². The van der Waals surface area contributed by atoms with Crippen LogP contribution in [-0.2, 0) is 0 Å². The monoisotopic (exact) mass is 340 g/mol. The molecule has 1 aliphatic rings. The van der Waals surface area contributed by atoms with E-state index in [1.807, 2.05) is 0 Å². The highest BCUT2D eigenvalue weighted by Crippen LogP contribution is 2.34. The standard InChI is InChI=1S/C16H15Cl2FN2O/c17-12-4-13(18)6-15(5-12)22-16(10-1-2-20-7-10)11-3-14(19)9-21-8-11/h3-6,8-10,16,20H,1-2,7H2. The molecule has 6 heteroatoms. The van der Waals surface area contributed by atoms with Crippen LogP contribution in [0.2, 0.25) is 10.0 Å². The zero-order valence-electron chi connectivity index (χ0n) is 11.7. The molecule has 3 nitrogen and oxygen atoms in total. The average molecular weight is 341 g/mol. The Morgan fingerprint density at radius 1 is 1.18 bits per heavy atom. The average Bonchev–Trinajstić information content (AvgIpc) is 2.97. The molecule has 1 fully saturated rings. The molecule has 0 aliphatic carbocycles. The number of nitrogens with zero attached hydrogens (tertiary/aromatic N) is 1. The number of hydrogen-bond acceptors (Lipinski definition) is 3. The normalized spacial score (nSPS) is 19.1. The summed E-state index contributed by atoms with van der Waals surface area (Å²) in [6.07, 6.45) is 3.48. The molecule has 1 aromatic heterocycles. The van der Waals surface area contributed by atoms with E-state index in [0.717, 1.165) is 19.5 Å². The van der Waals surface area contributed by atoms with Crippen LogP contribution in [0.4, 0.5) is 4.39 Å². The summed E-state index contributed by atoms with van der Waals surface area (Å²) in [5.74, 6) is 0.432. The number of hydrogen-bond donors (Lipinski definition) is 1. The maximum Gasteiger partial charge on any atom is 0.141 e. The molecule has 22 heavy (non-hydrogen) atoms. The van der Waals surface area contributed by atoms with Crippen LogP contribution >= 0.6 is 23.2 Å². The molecule has 2 aromatic rings. The van der Waals surface area contributed by atoms with E-state index in [1.54, 1.807) is 24.4 Å². The van der Waals surface area contributed by atoms with Crippen LogP contribution in [0.25, 0.3) is 0 Å². The van der Waals surface area contributed by atoms with Crippen molar-refractivity contribution < 1.29 is 9.13 Å². The van der Waals surface area contributed by atoms with Crippen molar-refractivity contribution in [3.05, 3.63) is 58.1 Å². The summed E-state index contributed by atoms with van der Waals surface area (Å²) < 4.78 is 19.6. The van der Waals surface area contributed by atoms with Gasteiger partial charge in [0.15, 0.2) is 0 Å². The second kappa shape index (κ2) is 6.82. The van der Waals surface area contributed by atoms with Crippen LogP contribution in [0.5, 0.6) is 5.75 Å². The molecule has 1 N–H and O–H groups in total. The Balaban J connectivity index is 1.91. The zero-order valence-corrected chi connectivity index (χ0v) is 13.2.